The first-order valence-corrected chi connectivity index (χ1v) is 6.80. The molecule has 1 aromatic carbocycles. The minimum atomic E-state index is 0.373. The Morgan fingerprint density at radius 2 is 2.05 bits per heavy atom. The lowest BCUT2D eigenvalue weighted by molar-refractivity contribution is 0.364. The first-order chi connectivity index (χ1) is 10.2. The van der Waals surface area contributed by atoms with Crippen LogP contribution in [0, 0.1) is 0 Å². The van der Waals surface area contributed by atoms with E-state index in [9.17, 15) is 0 Å². The van der Waals surface area contributed by atoms with Crippen molar-refractivity contribution in [3.05, 3.63) is 47.1 Å². The van der Waals surface area contributed by atoms with Gasteiger partial charge in [0.15, 0.2) is 0 Å². The highest BCUT2D eigenvalue weighted by Gasteiger charge is 2.10. The van der Waals surface area contributed by atoms with Crippen LogP contribution in [0.3, 0.4) is 0 Å². The highest BCUT2D eigenvalue weighted by Crippen LogP contribution is 2.18. The summed E-state index contributed by atoms with van der Waals surface area (Å²) < 4.78 is 6.86. The van der Waals surface area contributed by atoms with E-state index in [-0.39, 0.29) is 0 Å². The molecule has 3 aromatic rings. The number of aromatic nitrogens is 5. The number of halogens is 1. The first-order valence-electron chi connectivity index (χ1n) is 6.42. The van der Waals surface area contributed by atoms with Crippen molar-refractivity contribution in [1.29, 1.82) is 0 Å². The molecule has 0 fully saturated rings. The maximum Gasteiger partial charge on any atom is 0.248 e. The van der Waals surface area contributed by atoms with Gasteiger partial charge in [-0.1, -0.05) is 22.0 Å². The van der Waals surface area contributed by atoms with Crippen LogP contribution >= 0.6 is 11.6 Å². The van der Waals surface area contributed by atoms with Crippen molar-refractivity contribution in [2.45, 2.75) is 13.0 Å². The summed E-state index contributed by atoms with van der Waals surface area (Å²) in [6.45, 7) is 0.915. The molecule has 0 aliphatic carbocycles. The third kappa shape index (κ3) is 3.26. The third-order valence-electron chi connectivity index (χ3n) is 2.85. The Morgan fingerprint density at radius 3 is 2.81 bits per heavy atom. The summed E-state index contributed by atoms with van der Waals surface area (Å²) in [6.07, 6.45) is 2.51. The molecule has 0 saturated heterocycles. The Hall–Kier alpha value is -2.25. The highest BCUT2D eigenvalue weighted by molar-refractivity contribution is 6.30. The number of nitrogens with zero attached hydrogens (tertiary/aromatic N) is 5. The first kappa shape index (κ1) is 13.7. The van der Waals surface area contributed by atoms with Crippen molar-refractivity contribution in [3.63, 3.8) is 0 Å². The quantitative estimate of drug-likeness (QED) is 0.768. The van der Waals surface area contributed by atoms with Crippen LogP contribution in [0.2, 0.25) is 5.02 Å². The Bertz CT molecular complexity index is 720. The molecule has 0 atom stereocenters. The molecule has 21 heavy (non-hydrogen) atoms. The van der Waals surface area contributed by atoms with E-state index in [1.807, 2.05) is 18.3 Å². The second-order valence-corrected chi connectivity index (χ2v) is 4.90. The number of nitrogens with two attached hydrogens (primary N) is 1. The van der Waals surface area contributed by atoms with Crippen LogP contribution in [0.15, 0.2) is 35.0 Å². The number of hydrogen-bond acceptors (Lipinski definition) is 6. The van der Waals surface area contributed by atoms with Crippen LogP contribution in [0.25, 0.3) is 11.4 Å². The molecule has 0 aliphatic heterocycles. The van der Waals surface area contributed by atoms with E-state index in [4.69, 9.17) is 21.9 Å². The minimum Gasteiger partial charge on any atom is -0.337 e. The van der Waals surface area contributed by atoms with Gasteiger partial charge >= 0.3 is 0 Å². The molecule has 2 N–H and O–H groups in total. The molecule has 0 radical (unpaired) electrons. The predicted molar refractivity (Wildman–Crippen MR) is 76.6 cm³/mol. The Morgan fingerprint density at radius 1 is 1.24 bits per heavy atom. The highest BCUT2D eigenvalue weighted by atomic mass is 35.5. The van der Waals surface area contributed by atoms with Crippen molar-refractivity contribution in [2.75, 3.05) is 6.54 Å². The molecule has 3 rings (SSSR count). The van der Waals surface area contributed by atoms with Crippen LogP contribution in [0.4, 0.5) is 0 Å². The molecule has 0 bridgehead atoms. The predicted octanol–water partition coefficient (Wildman–Crippen LogP) is 1.53. The second kappa shape index (κ2) is 6.02. The Kier molecular flexibility index (Phi) is 3.94. The van der Waals surface area contributed by atoms with Gasteiger partial charge < -0.3 is 10.3 Å². The van der Waals surface area contributed by atoms with E-state index in [2.05, 4.69) is 20.5 Å². The molecule has 0 amide bonds. The SMILES string of the molecule is NCCc1cn(Cc2nc(-c3ccc(Cl)cc3)no2)nn1. The molecule has 0 aliphatic rings. The van der Waals surface area contributed by atoms with Gasteiger partial charge in [0.1, 0.15) is 6.54 Å². The maximum atomic E-state index is 5.85. The van der Waals surface area contributed by atoms with E-state index in [1.54, 1.807) is 16.8 Å². The van der Waals surface area contributed by atoms with Gasteiger partial charge in [-0.3, -0.25) is 0 Å². The van der Waals surface area contributed by atoms with Crippen LogP contribution in [-0.2, 0) is 13.0 Å². The number of hydrogen-bond donors (Lipinski definition) is 1. The Labute approximate surface area is 125 Å². The van der Waals surface area contributed by atoms with Gasteiger partial charge in [-0.25, -0.2) is 4.68 Å². The van der Waals surface area contributed by atoms with Crippen molar-refractivity contribution in [3.8, 4) is 11.4 Å². The summed E-state index contributed by atoms with van der Waals surface area (Å²) in [4.78, 5) is 4.33. The molecule has 8 heteroatoms. The third-order valence-corrected chi connectivity index (χ3v) is 3.11. The molecule has 2 heterocycles. The summed E-state index contributed by atoms with van der Waals surface area (Å²) in [7, 11) is 0. The summed E-state index contributed by atoms with van der Waals surface area (Å²) in [5.74, 6) is 0.980. The molecule has 0 saturated carbocycles. The van der Waals surface area contributed by atoms with Crippen molar-refractivity contribution in [2.24, 2.45) is 5.73 Å². The fraction of sp³-hybridized carbons (Fsp3) is 0.231. The van der Waals surface area contributed by atoms with E-state index in [1.165, 1.54) is 0 Å². The van der Waals surface area contributed by atoms with Gasteiger partial charge in [0.05, 0.1) is 5.69 Å². The molecule has 0 unspecified atom stereocenters. The monoisotopic (exact) mass is 304 g/mol. The number of benzene rings is 1. The van der Waals surface area contributed by atoms with E-state index >= 15 is 0 Å². The largest absolute Gasteiger partial charge is 0.337 e. The standard InChI is InChI=1S/C13H13ClN6O/c14-10-3-1-9(2-4-10)13-16-12(21-18-13)8-20-7-11(5-6-15)17-19-20/h1-4,7H,5-6,8,15H2. The number of rotatable bonds is 5. The van der Waals surface area contributed by atoms with Crippen molar-refractivity contribution >= 4 is 11.6 Å². The smallest absolute Gasteiger partial charge is 0.248 e. The molecular weight excluding hydrogens is 292 g/mol. The molecular formula is C13H13ClN6O. The van der Waals surface area contributed by atoms with Gasteiger partial charge in [-0.15, -0.1) is 5.10 Å². The van der Waals surface area contributed by atoms with Crippen LogP contribution < -0.4 is 5.73 Å². The van der Waals surface area contributed by atoms with E-state index in [0.717, 1.165) is 11.3 Å². The van der Waals surface area contributed by atoms with Gasteiger partial charge in [0.25, 0.3) is 0 Å². The molecule has 0 spiro atoms. The van der Waals surface area contributed by atoms with Crippen LogP contribution in [0.1, 0.15) is 11.6 Å². The molecule has 2 aromatic heterocycles. The zero-order chi connectivity index (χ0) is 14.7. The average Bonchev–Trinajstić information content (AvgIpc) is 3.11. The fourth-order valence-corrected chi connectivity index (χ4v) is 1.98. The van der Waals surface area contributed by atoms with Gasteiger partial charge in [-0.2, -0.15) is 4.98 Å². The lowest BCUT2D eigenvalue weighted by atomic mass is 10.2. The summed E-state index contributed by atoms with van der Waals surface area (Å²) >= 11 is 5.85. The second-order valence-electron chi connectivity index (χ2n) is 4.46. The van der Waals surface area contributed by atoms with Crippen LogP contribution in [-0.4, -0.2) is 31.7 Å². The summed E-state index contributed by atoms with van der Waals surface area (Å²) in [5.41, 5.74) is 7.16. The molecule has 108 valence electrons. The fourth-order valence-electron chi connectivity index (χ4n) is 1.85. The van der Waals surface area contributed by atoms with Gasteiger partial charge in [0.2, 0.25) is 11.7 Å². The lowest BCUT2D eigenvalue weighted by Gasteiger charge is -1.94. The zero-order valence-electron chi connectivity index (χ0n) is 11.1. The topological polar surface area (TPSA) is 95.7 Å². The lowest BCUT2D eigenvalue weighted by Crippen LogP contribution is -2.03. The van der Waals surface area contributed by atoms with E-state index in [0.29, 0.717) is 36.2 Å². The van der Waals surface area contributed by atoms with Gasteiger partial charge in [-0.05, 0) is 30.8 Å². The average molecular weight is 305 g/mol. The summed E-state index contributed by atoms with van der Waals surface area (Å²) in [6, 6.07) is 7.24. The summed E-state index contributed by atoms with van der Waals surface area (Å²) in [5, 5.41) is 12.6. The van der Waals surface area contributed by atoms with Crippen molar-refractivity contribution < 1.29 is 4.52 Å². The Balaban J connectivity index is 1.73. The molecule has 7 nitrogen and oxygen atoms in total. The van der Waals surface area contributed by atoms with Crippen LogP contribution in [0.5, 0.6) is 0 Å². The minimum absolute atomic E-state index is 0.373. The normalized spacial score (nSPS) is 11.0. The van der Waals surface area contributed by atoms with E-state index < -0.39 is 0 Å². The van der Waals surface area contributed by atoms with Crippen molar-refractivity contribution in [1.82, 2.24) is 25.1 Å². The zero-order valence-corrected chi connectivity index (χ0v) is 11.9. The maximum absolute atomic E-state index is 5.85. The van der Waals surface area contributed by atoms with Gasteiger partial charge in [0, 0.05) is 23.2 Å².